The van der Waals surface area contributed by atoms with Gasteiger partial charge in [-0.1, -0.05) is 12.1 Å². The molecule has 2 nitrogen and oxygen atoms in total. The first kappa shape index (κ1) is 11.6. The molecule has 0 fully saturated rings. The van der Waals surface area contributed by atoms with Crippen molar-refractivity contribution in [3.05, 3.63) is 51.2 Å². The van der Waals surface area contributed by atoms with Crippen LogP contribution in [0.3, 0.4) is 0 Å². The van der Waals surface area contributed by atoms with Crippen LogP contribution in [0, 0.1) is 10.6 Å². The number of thiophene rings is 1. The van der Waals surface area contributed by atoms with E-state index >= 15 is 0 Å². The van der Waals surface area contributed by atoms with E-state index in [4.69, 9.17) is 12.2 Å². The normalized spacial score (nSPS) is 11.2. The van der Waals surface area contributed by atoms with Crippen LogP contribution >= 0.6 is 23.6 Å². The molecule has 0 saturated carbocycles. The molecule has 0 atom stereocenters. The number of hydrogen-bond acceptors (Lipinski definition) is 2. The number of para-hydroxylation sites is 1. The Morgan fingerprint density at radius 3 is 2.94 bits per heavy atom. The van der Waals surface area contributed by atoms with E-state index in [1.165, 1.54) is 10.9 Å². The van der Waals surface area contributed by atoms with Crippen LogP contribution in [-0.2, 0) is 13.0 Å². The Bertz CT molecular complexity index is 725. The van der Waals surface area contributed by atoms with Crippen LogP contribution in [0.2, 0.25) is 0 Å². The maximum atomic E-state index is 13.6. The number of H-pyrrole nitrogens is 1. The number of aromatic amines is 1. The van der Waals surface area contributed by atoms with E-state index in [-0.39, 0.29) is 5.82 Å². The molecular weight excluding hydrogens is 267 g/mol. The fraction of sp³-hybridized carbons (Fsp3) is 0.154. The van der Waals surface area contributed by atoms with Gasteiger partial charge in [0.25, 0.3) is 0 Å². The largest absolute Gasteiger partial charge is 0.328 e. The van der Waals surface area contributed by atoms with Gasteiger partial charge in [-0.2, -0.15) is 0 Å². The second-order valence-corrected chi connectivity index (χ2v) is 5.46. The van der Waals surface area contributed by atoms with Crippen LogP contribution in [-0.4, -0.2) is 9.55 Å². The Hall–Kier alpha value is -1.46. The van der Waals surface area contributed by atoms with Crippen LogP contribution in [0.15, 0.2) is 35.7 Å². The second kappa shape index (κ2) is 4.66. The molecular formula is C13H11FN2S2. The summed E-state index contributed by atoms with van der Waals surface area (Å²) in [6.07, 6.45) is 0.912. The summed E-state index contributed by atoms with van der Waals surface area (Å²) >= 11 is 6.98. The Balaban J connectivity index is 1.99. The zero-order valence-corrected chi connectivity index (χ0v) is 11.2. The third kappa shape index (κ3) is 2.00. The summed E-state index contributed by atoms with van der Waals surface area (Å²) in [7, 11) is 0. The van der Waals surface area contributed by atoms with Crippen molar-refractivity contribution < 1.29 is 4.39 Å². The predicted octanol–water partition coefficient (Wildman–Crippen LogP) is 4.14. The SMILES string of the molecule is Fc1cccc2c1[nH]c(=S)n2CCc1cccs1. The number of aromatic nitrogens is 2. The molecule has 0 aliphatic carbocycles. The molecule has 5 heteroatoms. The molecule has 0 unspecified atom stereocenters. The van der Waals surface area contributed by atoms with Crippen LogP contribution < -0.4 is 0 Å². The van der Waals surface area contributed by atoms with E-state index in [1.54, 1.807) is 17.4 Å². The number of rotatable bonds is 3. The molecule has 3 aromatic rings. The molecule has 1 N–H and O–H groups in total. The van der Waals surface area contributed by atoms with Crippen LogP contribution in [0.1, 0.15) is 4.88 Å². The molecule has 0 saturated heterocycles. The van der Waals surface area contributed by atoms with E-state index in [0.717, 1.165) is 18.5 Å². The number of imidazole rings is 1. The molecule has 0 radical (unpaired) electrons. The molecule has 92 valence electrons. The molecule has 18 heavy (non-hydrogen) atoms. The number of aryl methyl sites for hydroxylation is 2. The molecule has 3 rings (SSSR count). The topological polar surface area (TPSA) is 20.7 Å². The van der Waals surface area contributed by atoms with E-state index in [9.17, 15) is 4.39 Å². The number of benzene rings is 1. The summed E-state index contributed by atoms with van der Waals surface area (Å²) in [5.41, 5.74) is 1.32. The number of halogens is 1. The standard InChI is InChI=1S/C13H11FN2S2/c14-10-4-1-5-11-12(10)15-13(17)16(11)7-6-9-3-2-8-18-9/h1-5,8H,6-7H2,(H,15,17). The zero-order chi connectivity index (χ0) is 12.5. The average molecular weight is 278 g/mol. The van der Waals surface area contributed by atoms with Crippen LogP contribution in [0.25, 0.3) is 11.0 Å². The first-order chi connectivity index (χ1) is 8.75. The van der Waals surface area contributed by atoms with Gasteiger partial charge in [0.1, 0.15) is 11.3 Å². The van der Waals surface area contributed by atoms with Crippen molar-refractivity contribution in [3.63, 3.8) is 0 Å². The van der Waals surface area contributed by atoms with Crippen molar-refractivity contribution in [1.82, 2.24) is 9.55 Å². The maximum absolute atomic E-state index is 13.6. The van der Waals surface area contributed by atoms with Gasteiger partial charge in [-0.3, -0.25) is 0 Å². The van der Waals surface area contributed by atoms with Gasteiger partial charge in [-0.05, 0) is 42.2 Å². The maximum Gasteiger partial charge on any atom is 0.178 e. The minimum Gasteiger partial charge on any atom is -0.328 e. The number of fused-ring (bicyclic) bond motifs is 1. The minimum atomic E-state index is -0.256. The van der Waals surface area contributed by atoms with Gasteiger partial charge in [0.05, 0.1) is 5.52 Å². The fourth-order valence-corrected chi connectivity index (χ4v) is 3.03. The van der Waals surface area contributed by atoms with Gasteiger partial charge in [0, 0.05) is 11.4 Å². The van der Waals surface area contributed by atoms with Crippen molar-refractivity contribution >= 4 is 34.6 Å². The summed E-state index contributed by atoms with van der Waals surface area (Å²) in [4.78, 5) is 4.24. The van der Waals surface area contributed by atoms with Gasteiger partial charge in [0.2, 0.25) is 0 Å². The Kier molecular flexibility index (Phi) is 3.01. The predicted molar refractivity (Wildman–Crippen MR) is 75.1 cm³/mol. The van der Waals surface area contributed by atoms with E-state index < -0.39 is 0 Å². The Morgan fingerprint density at radius 2 is 2.17 bits per heavy atom. The highest BCUT2D eigenvalue weighted by Gasteiger charge is 2.08. The van der Waals surface area contributed by atoms with Crippen molar-refractivity contribution in [2.75, 3.05) is 0 Å². The van der Waals surface area contributed by atoms with E-state index in [1.807, 2.05) is 16.7 Å². The van der Waals surface area contributed by atoms with Gasteiger partial charge in [0.15, 0.2) is 4.77 Å². The molecule has 0 aliphatic rings. The molecule has 2 aromatic heterocycles. The minimum absolute atomic E-state index is 0.256. The molecule has 0 amide bonds. The Morgan fingerprint density at radius 1 is 1.28 bits per heavy atom. The van der Waals surface area contributed by atoms with Gasteiger partial charge < -0.3 is 9.55 Å². The number of nitrogens with zero attached hydrogens (tertiary/aromatic N) is 1. The number of hydrogen-bond donors (Lipinski definition) is 1. The number of nitrogens with one attached hydrogen (secondary N) is 1. The quantitative estimate of drug-likeness (QED) is 0.714. The summed E-state index contributed by atoms with van der Waals surface area (Å²) in [6.45, 7) is 0.767. The first-order valence-corrected chi connectivity index (χ1v) is 6.94. The van der Waals surface area contributed by atoms with Crippen LogP contribution in [0.4, 0.5) is 4.39 Å². The van der Waals surface area contributed by atoms with Crippen LogP contribution in [0.5, 0.6) is 0 Å². The van der Waals surface area contributed by atoms with Gasteiger partial charge in [-0.15, -0.1) is 11.3 Å². The van der Waals surface area contributed by atoms with Gasteiger partial charge >= 0.3 is 0 Å². The lowest BCUT2D eigenvalue weighted by atomic mass is 10.3. The molecule has 0 spiro atoms. The lowest BCUT2D eigenvalue weighted by Crippen LogP contribution is -2.00. The smallest absolute Gasteiger partial charge is 0.178 e. The zero-order valence-electron chi connectivity index (χ0n) is 9.52. The van der Waals surface area contributed by atoms with Crippen molar-refractivity contribution in [3.8, 4) is 0 Å². The fourth-order valence-electron chi connectivity index (χ4n) is 2.04. The Labute approximate surface area is 113 Å². The monoisotopic (exact) mass is 278 g/mol. The van der Waals surface area contributed by atoms with E-state index in [0.29, 0.717) is 10.3 Å². The lowest BCUT2D eigenvalue weighted by Gasteiger charge is -2.03. The highest BCUT2D eigenvalue weighted by Crippen LogP contribution is 2.18. The summed E-state index contributed by atoms with van der Waals surface area (Å²) in [5.74, 6) is -0.256. The van der Waals surface area contributed by atoms with E-state index in [2.05, 4.69) is 16.4 Å². The summed E-state index contributed by atoms with van der Waals surface area (Å²) in [5, 5.41) is 2.06. The first-order valence-electron chi connectivity index (χ1n) is 5.65. The average Bonchev–Trinajstić information content (AvgIpc) is 2.95. The lowest BCUT2D eigenvalue weighted by molar-refractivity contribution is 0.637. The summed E-state index contributed by atoms with van der Waals surface area (Å²) < 4.78 is 16.1. The van der Waals surface area contributed by atoms with Crippen molar-refractivity contribution in [1.29, 1.82) is 0 Å². The van der Waals surface area contributed by atoms with Gasteiger partial charge in [-0.25, -0.2) is 4.39 Å². The molecule has 0 bridgehead atoms. The third-order valence-electron chi connectivity index (χ3n) is 2.92. The second-order valence-electron chi connectivity index (χ2n) is 4.05. The third-order valence-corrected chi connectivity index (χ3v) is 4.18. The van der Waals surface area contributed by atoms with Crippen molar-refractivity contribution in [2.45, 2.75) is 13.0 Å². The highest BCUT2D eigenvalue weighted by molar-refractivity contribution is 7.71. The molecule has 0 aliphatic heterocycles. The molecule has 2 heterocycles. The van der Waals surface area contributed by atoms with Crippen molar-refractivity contribution in [2.24, 2.45) is 0 Å². The molecule has 1 aromatic carbocycles. The summed E-state index contributed by atoms with van der Waals surface area (Å²) in [6, 6.07) is 9.18. The highest BCUT2D eigenvalue weighted by atomic mass is 32.1.